The number of hydrogen-bond acceptors (Lipinski definition) is 1. The molecule has 0 aliphatic heterocycles. The van der Waals surface area contributed by atoms with Crippen molar-refractivity contribution in [3.8, 4) is 0 Å². The van der Waals surface area contributed by atoms with Crippen LogP contribution in [0.25, 0.3) is 0 Å². The Hall–Kier alpha value is -0.120. The maximum atomic E-state index is 13.2. The van der Waals surface area contributed by atoms with Gasteiger partial charge in [0.1, 0.15) is 5.82 Å². The molecule has 0 saturated heterocycles. The van der Waals surface area contributed by atoms with Gasteiger partial charge in [0.05, 0.1) is 5.02 Å². The van der Waals surface area contributed by atoms with Gasteiger partial charge in [0.15, 0.2) is 0 Å². The maximum Gasteiger partial charge on any atom is 0.142 e. The van der Waals surface area contributed by atoms with Crippen LogP contribution in [-0.4, -0.2) is 10.9 Å². The van der Waals surface area contributed by atoms with Crippen molar-refractivity contribution in [2.24, 2.45) is 0 Å². The van der Waals surface area contributed by atoms with Crippen molar-refractivity contribution < 1.29 is 4.39 Å². The van der Waals surface area contributed by atoms with E-state index in [0.717, 1.165) is 17.3 Å². The van der Waals surface area contributed by atoms with E-state index in [4.69, 9.17) is 11.6 Å². The zero-order valence-electron chi connectivity index (χ0n) is 9.49. The molecule has 16 heavy (non-hydrogen) atoms. The van der Waals surface area contributed by atoms with E-state index in [-0.39, 0.29) is 16.4 Å². The van der Waals surface area contributed by atoms with Crippen LogP contribution in [-0.2, 0) is 6.54 Å². The number of rotatable bonds is 5. The molecular weight excluding hydrogens is 292 g/mol. The molecule has 1 nitrogen and oxygen atoms in total. The SMILES string of the molecule is CC(C)(CCBr)NCc1cccc(F)c1Cl. The molecule has 0 aliphatic rings. The van der Waals surface area contributed by atoms with Crippen LogP contribution in [0.5, 0.6) is 0 Å². The minimum atomic E-state index is -0.362. The molecule has 1 aromatic carbocycles. The van der Waals surface area contributed by atoms with E-state index in [0.29, 0.717) is 6.54 Å². The molecule has 90 valence electrons. The molecule has 0 amide bonds. The minimum Gasteiger partial charge on any atom is -0.308 e. The zero-order valence-corrected chi connectivity index (χ0v) is 11.8. The van der Waals surface area contributed by atoms with E-state index >= 15 is 0 Å². The molecule has 0 saturated carbocycles. The minimum absolute atomic E-state index is 0.0130. The molecule has 1 rings (SSSR count). The Morgan fingerprint density at radius 1 is 1.44 bits per heavy atom. The lowest BCUT2D eigenvalue weighted by Crippen LogP contribution is -2.39. The van der Waals surface area contributed by atoms with Crippen molar-refractivity contribution in [1.82, 2.24) is 5.32 Å². The monoisotopic (exact) mass is 307 g/mol. The predicted molar refractivity (Wildman–Crippen MR) is 70.7 cm³/mol. The van der Waals surface area contributed by atoms with Crippen molar-refractivity contribution in [3.05, 3.63) is 34.6 Å². The van der Waals surface area contributed by atoms with E-state index in [1.165, 1.54) is 6.07 Å². The fourth-order valence-electron chi connectivity index (χ4n) is 1.34. The lowest BCUT2D eigenvalue weighted by atomic mass is 10.0. The first-order chi connectivity index (χ1) is 7.46. The topological polar surface area (TPSA) is 12.0 Å². The Balaban J connectivity index is 2.64. The summed E-state index contributed by atoms with van der Waals surface area (Å²) in [5, 5.41) is 4.51. The van der Waals surface area contributed by atoms with Crippen LogP contribution in [0.2, 0.25) is 5.02 Å². The summed E-state index contributed by atoms with van der Waals surface area (Å²) in [6.07, 6.45) is 1.000. The molecule has 0 aromatic heterocycles. The molecule has 1 N–H and O–H groups in total. The van der Waals surface area contributed by atoms with Crippen LogP contribution in [0.4, 0.5) is 4.39 Å². The smallest absolute Gasteiger partial charge is 0.142 e. The number of halogens is 3. The number of nitrogens with one attached hydrogen (secondary N) is 1. The van der Waals surface area contributed by atoms with Crippen LogP contribution < -0.4 is 5.32 Å². The van der Waals surface area contributed by atoms with Gasteiger partial charge in [0, 0.05) is 17.4 Å². The molecular formula is C12H16BrClFN. The molecule has 1 aromatic rings. The first kappa shape index (κ1) is 13.9. The highest BCUT2D eigenvalue weighted by Crippen LogP contribution is 2.20. The first-order valence-electron chi connectivity index (χ1n) is 5.20. The van der Waals surface area contributed by atoms with Crippen molar-refractivity contribution in [1.29, 1.82) is 0 Å². The van der Waals surface area contributed by atoms with Gasteiger partial charge < -0.3 is 5.32 Å². The first-order valence-corrected chi connectivity index (χ1v) is 6.70. The summed E-state index contributed by atoms with van der Waals surface area (Å²) in [4.78, 5) is 0. The Morgan fingerprint density at radius 2 is 2.12 bits per heavy atom. The van der Waals surface area contributed by atoms with Crippen LogP contribution in [0.15, 0.2) is 18.2 Å². The van der Waals surface area contributed by atoms with Gasteiger partial charge in [0.2, 0.25) is 0 Å². The van der Waals surface area contributed by atoms with Crippen molar-refractivity contribution in [2.45, 2.75) is 32.4 Å². The lowest BCUT2D eigenvalue weighted by molar-refractivity contribution is 0.378. The number of alkyl halides is 1. The third kappa shape index (κ3) is 4.04. The van der Waals surface area contributed by atoms with Crippen molar-refractivity contribution >= 4 is 27.5 Å². The molecule has 0 fully saturated rings. The second-order valence-corrected chi connectivity index (χ2v) is 5.56. The Kier molecular flexibility index (Phi) is 5.22. The summed E-state index contributed by atoms with van der Waals surface area (Å²) in [5.41, 5.74) is 0.809. The van der Waals surface area contributed by atoms with Crippen LogP contribution in [0, 0.1) is 5.82 Å². The highest BCUT2D eigenvalue weighted by atomic mass is 79.9. The van der Waals surface area contributed by atoms with Crippen molar-refractivity contribution in [3.63, 3.8) is 0 Å². The molecule has 0 bridgehead atoms. The number of benzene rings is 1. The van der Waals surface area contributed by atoms with E-state index in [2.05, 4.69) is 35.1 Å². The van der Waals surface area contributed by atoms with Gasteiger partial charge in [-0.05, 0) is 31.9 Å². The molecule has 0 unspecified atom stereocenters. The standard InChI is InChI=1S/C12H16BrClFN/c1-12(2,6-7-13)16-8-9-4-3-5-10(15)11(9)14/h3-5,16H,6-8H2,1-2H3. The molecule has 0 atom stereocenters. The van der Waals surface area contributed by atoms with E-state index in [1.54, 1.807) is 6.07 Å². The Labute approximate surface area is 110 Å². The summed E-state index contributed by atoms with van der Waals surface area (Å²) < 4.78 is 13.2. The summed E-state index contributed by atoms with van der Waals surface area (Å²) in [5.74, 6) is -0.362. The Morgan fingerprint density at radius 3 is 2.75 bits per heavy atom. The third-order valence-electron chi connectivity index (χ3n) is 2.51. The Bertz CT molecular complexity index is 355. The second-order valence-electron chi connectivity index (χ2n) is 4.39. The highest BCUT2D eigenvalue weighted by Gasteiger charge is 2.16. The van der Waals surface area contributed by atoms with Gasteiger partial charge in [-0.3, -0.25) is 0 Å². The summed E-state index contributed by atoms with van der Waals surface area (Å²) in [7, 11) is 0. The van der Waals surface area contributed by atoms with Crippen LogP contribution in [0.1, 0.15) is 25.8 Å². The van der Waals surface area contributed by atoms with Gasteiger partial charge in [-0.15, -0.1) is 0 Å². The highest BCUT2D eigenvalue weighted by molar-refractivity contribution is 9.09. The van der Waals surface area contributed by atoms with E-state index in [1.807, 2.05) is 6.07 Å². The van der Waals surface area contributed by atoms with Crippen LogP contribution in [0.3, 0.4) is 0 Å². The zero-order chi connectivity index (χ0) is 12.2. The lowest BCUT2D eigenvalue weighted by Gasteiger charge is -2.25. The fourth-order valence-corrected chi connectivity index (χ4v) is 2.53. The van der Waals surface area contributed by atoms with Crippen molar-refractivity contribution in [2.75, 3.05) is 5.33 Å². The van der Waals surface area contributed by atoms with Gasteiger partial charge in [-0.1, -0.05) is 39.7 Å². The maximum absolute atomic E-state index is 13.2. The molecule has 0 aliphatic carbocycles. The average molecular weight is 309 g/mol. The molecule has 0 spiro atoms. The fraction of sp³-hybridized carbons (Fsp3) is 0.500. The summed E-state index contributed by atoms with van der Waals surface area (Å²) in [6.45, 7) is 4.81. The van der Waals surface area contributed by atoms with Gasteiger partial charge in [-0.25, -0.2) is 4.39 Å². The molecule has 0 heterocycles. The predicted octanol–water partition coefficient (Wildman–Crippen LogP) is 4.13. The molecule has 4 heteroatoms. The van der Waals surface area contributed by atoms with Gasteiger partial charge in [0.25, 0.3) is 0 Å². The van der Waals surface area contributed by atoms with Gasteiger partial charge >= 0.3 is 0 Å². The van der Waals surface area contributed by atoms with E-state index < -0.39 is 0 Å². The third-order valence-corrected chi connectivity index (χ3v) is 3.33. The normalized spacial score (nSPS) is 11.8. The summed E-state index contributed by atoms with van der Waals surface area (Å²) in [6, 6.07) is 4.88. The quantitative estimate of drug-likeness (QED) is 0.806. The van der Waals surface area contributed by atoms with E-state index in [9.17, 15) is 4.39 Å². The van der Waals surface area contributed by atoms with Gasteiger partial charge in [-0.2, -0.15) is 0 Å². The average Bonchev–Trinajstić information content (AvgIpc) is 2.20. The second kappa shape index (κ2) is 5.99. The molecule has 0 radical (unpaired) electrons. The summed E-state index contributed by atoms with van der Waals surface area (Å²) >= 11 is 9.29. The van der Waals surface area contributed by atoms with Crippen LogP contribution >= 0.6 is 27.5 Å². The largest absolute Gasteiger partial charge is 0.308 e. The number of hydrogen-bond donors (Lipinski definition) is 1.